The van der Waals surface area contributed by atoms with Crippen LogP contribution >= 0.6 is 22.9 Å². The van der Waals surface area contributed by atoms with Crippen molar-refractivity contribution in [3.05, 3.63) is 32.0 Å². The van der Waals surface area contributed by atoms with Crippen molar-refractivity contribution in [3.8, 4) is 0 Å². The number of carbonyl (C=O) groups excluding carboxylic acids is 1. The molecule has 0 aliphatic carbocycles. The van der Waals surface area contributed by atoms with Crippen LogP contribution in [0, 0.1) is 13.8 Å². The molecule has 0 unspecified atom stereocenters. The Morgan fingerprint density at radius 2 is 2.21 bits per heavy atom. The zero-order valence-corrected chi connectivity index (χ0v) is 13.1. The van der Waals surface area contributed by atoms with Gasteiger partial charge < -0.3 is 5.32 Å². The molecule has 102 valence electrons. The Balaban J connectivity index is 2.13. The lowest BCUT2D eigenvalue weighted by atomic mass is 10.1. The number of thiophene rings is 1. The van der Waals surface area contributed by atoms with Crippen molar-refractivity contribution in [1.29, 1.82) is 0 Å². The Morgan fingerprint density at radius 1 is 1.47 bits per heavy atom. The van der Waals surface area contributed by atoms with Crippen LogP contribution in [0.15, 0.2) is 6.07 Å². The molecule has 0 spiro atoms. The predicted molar refractivity (Wildman–Crippen MR) is 79.0 cm³/mol. The molecule has 6 heteroatoms. The van der Waals surface area contributed by atoms with Crippen molar-refractivity contribution >= 4 is 28.8 Å². The fourth-order valence-electron chi connectivity index (χ4n) is 2.03. The Hall–Kier alpha value is -1.27. The number of carbonyl (C=O) groups is 1. The number of nitrogens with zero attached hydrogens (tertiary/aromatic N) is 2. The Morgan fingerprint density at radius 3 is 2.79 bits per heavy atom. The molecule has 0 aromatic carbocycles. The fourth-order valence-corrected chi connectivity index (χ4v) is 3.71. The summed E-state index contributed by atoms with van der Waals surface area (Å²) in [6.07, 6.45) is 0.726. The summed E-state index contributed by atoms with van der Waals surface area (Å²) in [5, 5.41) is 6.99. The zero-order valence-electron chi connectivity index (χ0n) is 11.5. The second kappa shape index (κ2) is 5.79. The second-order valence-corrected chi connectivity index (χ2v) is 6.68. The number of hydrogen-bond acceptors (Lipinski definition) is 5. The molecular weight excluding hydrogens is 278 g/mol. The van der Waals surface area contributed by atoms with Crippen LogP contribution in [0.1, 0.15) is 50.6 Å². The Kier molecular flexibility index (Phi) is 4.31. The summed E-state index contributed by atoms with van der Waals surface area (Å²) in [5.41, 5.74) is 1.96. The van der Waals surface area contributed by atoms with Gasteiger partial charge in [-0.05, 0) is 50.4 Å². The number of nitrogens with one attached hydrogen (secondary N) is 1. The molecule has 0 radical (unpaired) electrons. The van der Waals surface area contributed by atoms with E-state index in [1.807, 2.05) is 13.8 Å². The molecule has 2 aromatic heterocycles. The van der Waals surface area contributed by atoms with E-state index < -0.39 is 0 Å². The van der Waals surface area contributed by atoms with Gasteiger partial charge in [-0.2, -0.15) is 0 Å². The quantitative estimate of drug-likeness (QED) is 0.942. The molecule has 2 heterocycles. The highest BCUT2D eigenvalue weighted by Gasteiger charge is 2.19. The summed E-state index contributed by atoms with van der Waals surface area (Å²) in [6.45, 7) is 8.15. The lowest BCUT2D eigenvalue weighted by Gasteiger charge is -2.13. The van der Waals surface area contributed by atoms with Gasteiger partial charge in [0, 0.05) is 9.75 Å². The van der Waals surface area contributed by atoms with Gasteiger partial charge in [-0.15, -0.1) is 16.4 Å². The summed E-state index contributed by atoms with van der Waals surface area (Å²) in [4.78, 5) is 15.4. The Labute approximate surface area is 121 Å². The molecule has 0 saturated carbocycles. The summed E-state index contributed by atoms with van der Waals surface area (Å²) in [6, 6.07) is 2.14. The number of rotatable bonds is 4. The maximum Gasteiger partial charge on any atom is 0.265 e. The first-order valence-electron chi connectivity index (χ1n) is 6.22. The molecule has 1 amide bonds. The van der Waals surface area contributed by atoms with E-state index in [0.29, 0.717) is 4.88 Å². The van der Waals surface area contributed by atoms with Crippen molar-refractivity contribution in [2.45, 2.75) is 40.2 Å². The van der Waals surface area contributed by atoms with E-state index in [9.17, 15) is 4.79 Å². The van der Waals surface area contributed by atoms with Gasteiger partial charge in [0.1, 0.15) is 4.88 Å². The number of hydrogen-bond donors (Lipinski definition) is 1. The smallest absolute Gasteiger partial charge is 0.265 e. The number of aryl methyl sites for hydroxylation is 3. The fraction of sp³-hybridized carbons (Fsp3) is 0.462. The largest absolute Gasteiger partial charge is 0.345 e. The van der Waals surface area contributed by atoms with Crippen molar-refractivity contribution in [3.63, 3.8) is 0 Å². The molecule has 19 heavy (non-hydrogen) atoms. The third kappa shape index (κ3) is 3.01. The van der Waals surface area contributed by atoms with Gasteiger partial charge in [0.05, 0.1) is 11.7 Å². The van der Waals surface area contributed by atoms with E-state index in [1.165, 1.54) is 15.3 Å². The normalized spacial score (nSPS) is 12.4. The van der Waals surface area contributed by atoms with Crippen LogP contribution in [0.3, 0.4) is 0 Å². The average molecular weight is 295 g/mol. The van der Waals surface area contributed by atoms with Crippen molar-refractivity contribution < 1.29 is 4.79 Å². The SMILES string of the molecule is CCc1nnsc1C(=O)N[C@@H](C)c1cc(C)sc1C. The lowest BCUT2D eigenvalue weighted by molar-refractivity contribution is 0.0943. The van der Waals surface area contributed by atoms with Gasteiger partial charge in [0.25, 0.3) is 5.91 Å². The molecule has 2 aromatic rings. The van der Waals surface area contributed by atoms with E-state index >= 15 is 0 Å². The lowest BCUT2D eigenvalue weighted by Crippen LogP contribution is -2.26. The molecule has 1 atom stereocenters. The highest BCUT2D eigenvalue weighted by atomic mass is 32.1. The minimum Gasteiger partial charge on any atom is -0.345 e. The van der Waals surface area contributed by atoms with E-state index in [1.54, 1.807) is 11.3 Å². The minimum absolute atomic E-state index is 0.00394. The molecule has 1 N–H and O–H groups in total. The molecule has 0 aliphatic rings. The third-order valence-corrected chi connectivity index (χ3v) is 4.74. The van der Waals surface area contributed by atoms with Gasteiger partial charge in [-0.1, -0.05) is 11.4 Å². The van der Waals surface area contributed by atoms with Crippen LogP contribution in [-0.4, -0.2) is 15.5 Å². The molecule has 0 aliphatic heterocycles. The van der Waals surface area contributed by atoms with Gasteiger partial charge in [0.15, 0.2) is 0 Å². The van der Waals surface area contributed by atoms with Gasteiger partial charge >= 0.3 is 0 Å². The number of amides is 1. The van der Waals surface area contributed by atoms with E-state index in [4.69, 9.17) is 0 Å². The van der Waals surface area contributed by atoms with Gasteiger partial charge in [-0.25, -0.2) is 0 Å². The second-order valence-electron chi connectivity index (χ2n) is 4.47. The summed E-state index contributed by atoms with van der Waals surface area (Å²) in [5.74, 6) is -0.0809. The highest BCUT2D eigenvalue weighted by Crippen LogP contribution is 2.26. The molecule has 2 rings (SSSR count). The number of aromatic nitrogens is 2. The average Bonchev–Trinajstić information content (AvgIpc) is 2.95. The maximum atomic E-state index is 12.2. The third-order valence-electron chi connectivity index (χ3n) is 2.99. The first kappa shape index (κ1) is 14.1. The van der Waals surface area contributed by atoms with Crippen LogP contribution in [-0.2, 0) is 6.42 Å². The zero-order chi connectivity index (χ0) is 14.0. The maximum absolute atomic E-state index is 12.2. The van der Waals surface area contributed by atoms with Gasteiger partial charge in [0.2, 0.25) is 0 Å². The van der Waals surface area contributed by atoms with Crippen molar-refractivity contribution in [2.75, 3.05) is 0 Å². The molecule has 0 saturated heterocycles. The standard InChI is InChI=1S/C13H17N3OS2/c1-5-11-12(19-16-15-11)13(17)14-8(3)10-6-7(2)18-9(10)4/h6,8H,5H2,1-4H3,(H,14,17)/t8-/m0/s1. The minimum atomic E-state index is -0.0809. The van der Waals surface area contributed by atoms with E-state index in [0.717, 1.165) is 23.6 Å². The highest BCUT2D eigenvalue weighted by molar-refractivity contribution is 7.12. The topological polar surface area (TPSA) is 54.9 Å². The summed E-state index contributed by atoms with van der Waals surface area (Å²) in [7, 11) is 0. The first-order valence-corrected chi connectivity index (χ1v) is 7.81. The van der Waals surface area contributed by atoms with Crippen LogP contribution in [0.25, 0.3) is 0 Å². The van der Waals surface area contributed by atoms with Crippen molar-refractivity contribution in [2.24, 2.45) is 0 Å². The predicted octanol–water partition coefficient (Wildman–Crippen LogP) is 3.27. The summed E-state index contributed by atoms with van der Waals surface area (Å²) < 4.78 is 3.85. The Bertz CT molecular complexity index is 588. The molecular formula is C13H17N3OS2. The van der Waals surface area contributed by atoms with Gasteiger partial charge in [-0.3, -0.25) is 4.79 Å². The summed E-state index contributed by atoms with van der Waals surface area (Å²) >= 11 is 2.91. The van der Waals surface area contributed by atoms with E-state index in [2.05, 4.69) is 34.8 Å². The monoisotopic (exact) mass is 295 g/mol. The molecule has 0 fully saturated rings. The van der Waals surface area contributed by atoms with Crippen LogP contribution < -0.4 is 5.32 Å². The van der Waals surface area contributed by atoms with Crippen molar-refractivity contribution in [1.82, 2.24) is 14.9 Å². The van der Waals surface area contributed by atoms with Crippen LogP contribution in [0.2, 0.25) is 0 Å². The van der Waals surface area contributed by atoms with Crippen LogP contribution in [0.5, 0.6) is 0 Å². The molecule has 4 nitrogen and oxygen atoms in total. The van der Waals surface area contributed by atoms with E-state index in [-0.39, 0.29) is 11.9 Å². The van der Waals surface area contributed by atoms with Crippen LogP contribution in [0.4, 0.5) is 0 Å². The first-order chi connectivity index (χ1) is 9.02. The molecule has 0 bridgehead atoms.